The molecule has 0 spiro atoms. The molecule has 1 aromatic heterocycles. The molecule has 1 aromatic carbocycles. The lowest BCUT2D eigenvalue weighted by molar-refractivity contribution is -0.128. The molecule has 3 rings (SSSR count). The Hall–Kier alpha value is -2.85. The zero-order valence-electron chi connectivity index (χ0n) is 12.9. The molecule has 2 N–H and O–H groups in total. The molecule has 1 saturated heterocycles. The van der Waals surface area contributed by atoms with Gasteiger partial charge >= 0.3 is 0 Å². The lowest BCUT2D eigenvalue weighted by atomic mass is 10.2. The number of H-pyrrole nitrogens is 1. The van der Waals surface area contributed by atoms with Gasteiger partial charge in [-0.15, -0.1) is 0 Å². The molecule has 7 nitrogen and oxygen atoms in total. The summed E-state index contributed by atoms with van der Waals surface area (Å²) in [5, 5.41) is 12.3. The van der Waals surface area contributed by atoms with Crippen molar-refractivity contribution in [2.24, 2.45) is 0 Å². The summed E-state index contributed by atoms with van der Waals surface area (Å²) in [5.41, 5.74) is 2.67. The Bertz CT molecular complexity index is 779. The van der Waals surface area contributed by atoms with Crippen molar-refractivity contribution in [3.63, 3.8) is 0 Å². The van der Waals surface area contributed by atoms with E-state index in [1.165, 1.54) is 6.20 Å². The van der Waals surface area contributed by atoms with Crippen LogP contribution in [0.5, 0.6) is 0 Å². The summed E-state index contributed by atoms with van der Waals surface area (Å²) < 4.78 is 0. The number of carbonyl (C=O) groups excluding carboxylic acids is 1. The molecule has 118 valence electrons. The highest BCUT2D eigenvalue weighted by atomic mass is 16.2. The van der Waals surface area contributed by atoms with Gasteiger partial charge in [0.25, 0.3) is 5.91 Å². The third-order valence-corrected chi connectivity index (χ3v) is 3.94. The zero-order chi connectivity index (χ0) is 16.2. The van der Waals surface area contributed by atoms with Crippen LogP contribution in [0, 0.1) is 11.3 Å². The van der Waals surface area contributed by atoms with Gasteiger partial charge < -0.3 is 20.1 Å². The van der Waals surface area contributed by atoms with E-state index < -0.39 is 0 Å². The third-order valence-electron chi connectivity index (χ3n) is 3.94. The molecule has 0 atom stereocenters. The summed E-state index contributed by atoms with van der Waals surface area (Å²) in [7, 11) is 2.02. The first-order valence-corrected chi connectivity index (χ1v) is 7.45. The number of aromatic nitrogens is 2. The molecule has 0 radical (unpaired) electrons. The summed E-state index contributed by atoms with van der Waals surface area (Å²) >= 11 is 0. The van der Waals surface area contributed by atoms with Crippen LogP contribution in [0.3, 0.4) is 0 Å². The van der Waals surface area contributed by atoms with Crippen LogP contribution in [-0.4, -0.2) is 58.9 Å². The average molecular weight is 310 g/mol. The van der Waals surface area contributed by atoms with Crippen molar-refractivity contribution in [2.45, 2.75) is 0 Å². The predicted octanol–water partition coefficient (Wildman–Crippen LogP) is 1.16. The van der Waals surface area contributed by atoms with Gasteiger partial charge in [-0.3, -0.25) is 4.79 Å². The van der Waals surface area contributed by atoms with Gasteiger partial charge in [0.2, 0.25) is 0 Å². The Kier molecular flexibility index (Phi) is 4.26. The number of hydrogen-bond donors (Lipinski definition) is 2. The molecule has 23 heavy (non-hydrogen) atoms. The number of imidazole rings is 1. The number of piperazine rings is 1. The van der Waals surface area contributed by atoms with E-state index in [2.05, 4.69) is 20.2 Å². The second kappa shape index (κ2) is 6.50. The lowest BCUT2D eigenvalue weighted by Crippen LogP contribution is -2.47. The van der Waals surface area contributed by atoms with Gasteiger partial charge in [0.1, 0.15) is 11.6 Å². The standard InChI is InChI=1S/C16H18N6O/c1-21-4-6-22(7-5-21)16(23)12(9-17)10-18-13-2-3-14-15(8-13)20-11-19-14/h2-3,8,10-11,18H,4-7H2,1H3,(H,19,20)/b12-10-. The first kappa shape index (κ1) is 15.1. The summed E-state index contributed by atoms with van der Waals surface area (Å²) in [5.74, 6) is -0.226. The Morgan fingerprint density at radius 2 is 2.17 bits per heavy atom. The van der Waals surface area contributed by atoms with Crippen molar-refractivity contribution in [2.75, 3.05) is 38.5 Å². The minimum atomic E-state index is -0.226. The molecule has 0 saturated carbocycles. The van der Waals surface area contributed by atoms with Gasteiger partial charge in [0.05, 0.1) is 17.4 Å². The summed E-state index contributed by atoms with van der Waals surface area (Å²) in [6, 6.07) is 7.60. The number of likely N-dealkylation sites (N-methyl/N-ethyl adjacent to an activating group) is 1. The smallest absolute Gasteiger partial charge is 0.266 e. The molecule has 1 amide bonds. The number of anilines is 1. The molecule has 1 aliphatic heterocycles. The molecule has 0 aliphatic carbocycles. The van der Waals surface area contributed by atoms with Crippen LogP contribution >= 0.6 is 0 Å². The maximum atomic E-state index is 12.4. The van der Waals surface area contributed by atoms with Gasteiger partial charge in [0.15, 0.2) is 0 Å². The van der Waals surface area contributed by atoms with E-state index in [-0.39, 0.29) is 11.5 Å². The quantitative estimate of drug-likeness (QED) is 0.656. The Morgan fingerprint density at radius 1 is 1.39 bits per heavy atom. The molecule has 0 bridgehead atoms. The Balaban J connectivity index is 1.71. The molecular formula is C16H18N6O. The van der Waals surface area contributed by atoms with E-state index in [9.17, 15) is 10.1 Å². The van der Waals surface area contributed by atoms with E-state index in [1.807, 2.05) is 31.3 Å². The minimum absolute atomic E-state index is 0.110. The number of rotatable bonds is 3. The second-order valence-corrected chi connectivity index (χ2v) is 5.54. The highest BCUT2D eigenvalue weighted by Gasteiger charge is 2.22. The average Bonchev–Trinajstić information content (AvgIpc) is 3.03. The number of nitrogens with zero attached hydrogens (tertiary/aromatic N) is 4. The molecule has 1 fully saturated rings. The predicted molar refractivity (Wildman–Crippen MR) is 87.5 cm³/mol. The first-order valence-electron chi connectivity index (χ1n) is 7.45. The fourth-order valence-corrected chi connectivity index (χ4v) is 2.50. The van der Waals surface area contributed by atoms with Crippen molar-refractivity contribution in [1.82, 2.24) is 19.8 Å². The normalized spacial score (nSPS) is 16.3. The fraction of sp³-hybridized carbons (Fsp3) is 0.312. The topological polar surface area (TPSA) is 88.1 Å². The van der Waals surface area contributed by atoms with E-state index in [4.69, 9.17) is 0 Å². The van der Waals surface area contributed by atoms with Crippen LogP contribution in [0.1, 0.15) is 0 Å². The number of fused-ring (bicyclic) bond motifs is 1. The molecule has 0 unspecified atom stereocenters. The zero-order valence-corrected chi connectivity index (χ0v) is 12.9. The number of nitriles is 1. The molecule has 1 aliphatic rings. The summed E-state index contributed by atoms with van der Waals surface area (Å²) in [6.07, 6.45) is 3.10. The number of aromatic amines is 1. The third kappa shape index (κ3) is 3.33. The number of amides is 1. The largest absolute Gasteiger partial charge is 0.360 e. The number of carbonyl (C=O) groups is 1. The van der Waals surface area contributed by atoms with E-state index in [0.29, 0.717) is 13.1 Å². The number of nitrogens with one attached hydrogen (secondary N) is 2. The van der Waals surface area contributed by atoms with Crippen LogP contribution in [0.2, 0.25) is 0 Å². The van der Waals surface area contributed by atoms with Gasteiger partial charge in [-0.2, -0.15) is 5.26 Å². The van der Waals surface area contributed by atoms with Crippen molar-refractivity contribution in [3.8, 4) is 6.07 Å². The maximum absolute atomic E-state index is 12.4. The number of hydrogen-bond acceptors (Lipinski definition) is 5. The van der Waals surface area contributed by atoms with E-state index >= 15 is 0 Å². The van der Waals surface area contributed by atoms with Crippen LogP contribution < -0.4 is 5.32 Å². The van der Waals surface area contributed by atoms with Gasteiger partial charge in [-0.1, -0.05) is 0 Å². The van der Waals surface area contributed by atoms with Gasteiger partial charge in [-0.05, 0) is 25.2 Å². The highest BCUT2D eigenvalue weighted by molar-refractivity contribution is 5.97. The van der Waals surface area contributed by atoms with Crippen molar-refractivity contribution >= 4 is 22.6 Å². The van der Waals surface area contributed by atoms with Crippen LogP contribution in [0.15, 0.2) is 36.3 Å². The Labute approximate surface area is 134 Å². The molecule has 2 heterocycles. The van der Waals surface area contributed by atoms with Crippen LogP contribution in [0.25, 0.3) is 11.0 Å². The number of benzene rings is 1. The fourth-order valence-electron chi connectivity index (χ4n) is 2.50. The first-order chi connectivity index (χ1) is 11.2. The molecule has 2 aromatic rings. The second-order valence-electron chi connectivity index (χ2n) is 5.54. The van der Waals surface area contributed by atoms with Gasteiger partial charge in [0, 0.05) is 38.1 Å². The highest BCUT2D eigenvalue weighted by Crippen LogP contribution is 2.16. The summed E-state index contributed by atoms with van der Waals surface area (Å²) in [4.78, 5) is 23.4. The van der Waals surface area contributed by atoms with Crippen molar-refractivity contribution < 1.29 is 4.79 Å². The van der Waals surface area contributed by atoms with Crippen LogP contribution in [-0.2, 0) is 4.79 Å². The SMILES string of the molecule is CN1CCN(C(=O)/C(C#N)=C\Nc2ccc3nc[nH]c3c2)CC1. The Morgan fingerprint density at radius 3 is 2.91 bits per heavy atom. The lowest BCUT2D eigenvalue weighted by Gasteiger charge is -2.32. The monoisotopic (exact) mass is 310 g/mol. The minimum Gasteiger partial charge on any atom is -0.360 e. The maximum Gasteiger partial charge on any atom is 0.266 e. The van der Waals surface area contributed by atoms with Crippen LogP contribution in [0.4, 0.5) is 5.69 Å². The summed E-state index contributed by atoms with van der Waals surface area (Å²) in [6.45, 7) is 2.95. The molecular weight excluding hydrogens is 292 g/mol. The van der Waals surface area contributed by atoms with Crippen molar-refractivity contribution in [3.05, 3.63) is 36.3 Å². The molecule has 7 heteroatoms. The van der Waals surface area contributed by atoms with Crippen molar-refractivity contribution in [1.29, 1.82) is 5.26 Å². The van der Waals surface area contributed by atoms with E-state index in [0.717, 1.165) is 29.8 Å². The van der Waals surface area contributed by atoms with E-state index in [1.54, 1.807) is 11.2 Å². The van der Waals surface area contributed by atoms with Gasteiger partial charge in [-0.25, -0.2) is 4.98 Å².